The third-order valence-electron chi connectivity index (χ3n) is 5.88. The van der Waals surface area contributed by atoms with Crippen molar-refractivity contribution in [2.75, 3.05) is 5.01 Å². The molecule has 0 fully saturated rings. The molecule has 2 atom stereocenters. The summed E-state index contributed by atoms with van der Waals surface area (Å²) in [5.74, 6) is -1.18. The average molecular weight is 500 g/mol. The van der Waals surface area contributed by atoms with Gasteiger partial charge < -0.3 is 14.8 Å². The van der Waals surface area contributed by atoms with Crippen LogP contribution in [-0.4, -0.2) is 35.6 Å². The van der Waals surface area contributed by atoms with Crippen molar-refractivity contribution in [2.45, 2.75) is 45.6 Å². The summed E-state index contributed by atoms with van der Waals surface area (Å²) in [6, 6.07) is 24.3. The van der Waals surface area contributed by atoms with Gasteiger partial charge in [0.1, 0.15) is 6.61 Å². The first-order chi connectivity index (χ1) is 17.9. The molecule has 3 aromatic carbocycles. The number of hydrogen-bond acceptors (Lipinski definition) is 6. The topological polar surface area (TPSA) is 97.3 Å². The van der Waals surface area contributed by atoms with Crippen LogP contribution < -0.4 is 10.3 Å². The SMILES string of the molecule is CC1=NN(c2ccc(C(=O)NC(C(=O)OCc3ccccc3)C(C)OCc3ccccc3)cc2)C(=O)C1. The lowest BCUT2D eigenvalue weighted by Gasteiger charge is -2.24. The van der Waals surface area contributed by atoms with Crippen LogP contribution in [0.15, 0.2) is 90.0 Å². The molecule has 0 saturated heterocycles. The normalized spacial score (nSPS) is 14.6. The molecule has 0 radical (unpaired) electrons. The lowest BCUT2D eigenvalue weighted by atomic mass is 10.1. The zero-order valence-corrected chi connectivity index (χ0v) is 20.8. The van der Waals surface area contributed by atoms with Crippen molar-refractivity contribution >= 4 is 29.2 Å². The highest BCUT2D eigenvalue weighted by molar-refractivity contribution is 6.12. The van der Waals surface area contributed by atoms with Gasteiger partial charge in [0.25, 0.3) is 11.8 Å². The number of esters is 1. The first kappa shape index (κ1) is 25.8. The monoisotopic (exact) mass is 499 g/mol. The van der Waals surface area contributed by atoms with E-state index in [2.05, 4.69) is 10.4 Å². The van der Waals surface area contributed by atoms with Crippen LogP contribution >= 0.6 is 0 Å². The fraction of sp³-hybridized carbons (Fsp3) is 0.241. The van der Waals surface area contributed by atoms with E-state index in [1.807, 2.05) is 60.7 Å². The molecule has 1 aliphatic rings. The number of hydrazone groups is 1. The Morgan fingerprint density at radius 1 is 0.919 bits per heavy atom. The van der Waals surface area contributed by atoms with E-state index < -0.39 is 24.0 Å². The van der Waals surface area contributed by atoms with Gasteiger partial charge in [-0.05, 0) is 49.2 Å². The molecule has 0 saturated carbocycles. The largest absolute Gasteiger partial charge is 0.459 e. The molecule has 8 nitrogen and oxygen atoms in total. The molecule has 0 aliphatic carbocycles. The van der Waals surface area contributed by atoms with Gasteiger partial charge in [-0.1, -0.05) is 60.7 Å². The molecular formula is C29H29N3O5. The van der Waals surface area contributed by atoms with E-state index >= 15 is 0 Å². The molecule has 3 aromatic rings. The number of carbonyl (C=O) groups excluding carboxylic acids is 3. The van der Waals surface area contributed by atoms with E-state index in [9.17, 15) is 14.4 Å². The predicted molar refractivity (Wildman–Crippen MR) is 140 cm³/mol. The van der Waals surface area contributed by atoms with Crippen LogP contribution in [0.5, 0.6) is 0 Å². The van der Waals surface area contributed by atoms with Crippen LogP contribution in [0, 0.1) is 0 Å². The summed E-state index contributed by atoms with van der Waals surface area (Å²) in [5, 5.41) is 8.31. The van der Waals surface area contributed by atoms with Crippen LogP contribution in [0.1, 0.15) is 41.8 Å². The molecule has 2 unspecified atom stereocenters. The molecule has 37 heavy (non-hydrogen) atoms. The van der Waals surface area contributed by atoms with Crippen LogP contribution in [-0.2, 0) is 32.3 Å². The van der Waals surface area contributed by atoms with E-state index in [0.717, 1.165) is 16.8 Å². The smallest absolute Gasteiger partial charge is 0.331 e. The van der Waals surface area contributed by atoms with Gasteiger partial charge in [-0.2, -0.15) is 5.10 Å². The summed E-state index contributed by atoms with van der Waals surface area (Å²) >= 11 is 0. The second kappa shape index (κ2) is 12.1. The Hall–Kier alpha value is -4.30. The maximum Gasteiger partial charge on any atom is 0.331 e. The van der Waals surface area contributed by atoms with E-state index in [1.165, 1.54) is 5.01 Å². The second-order valence-electron chi connectivity index (χ2n) is 8.81. The van der Waals surface area contributed by atoms with E-state index in [0.29, 0.717) is 11.3 Å². The summed E-state index contributed by atoms with van der Waals surface area (Å²) in [6.07, 6.45) is -0.387. The van der Waals surface area contributed by atoms with Gasteiger partial charge in [-0.15, -0.1) is 0 Å². The van der Waals surface area contributed by atoms with Crippen LogP contribution in [0.4, 0.5) is 5.69 Å². The van der Waals surface area contributed by atoms with Gasteiger partial charge in [0.05, 0.1) is 24.8 Å². The van der Waals surface area contributed by atoms with Crippen molar-refractivity contribution in [1.29, 1.82) is 0 Å². The van der Waals surface area contributed by atoms with Crippen LogP contribution in [0.25, 0.3) is 0 Å². The number of amides is 2. The summed E-state index contributed by atoms with van der Waals surface area (Å²) < 4.78 is 11.5. The van der Waals surface area contributed by atoms with Crippen molar-refractivity contribution in [2.24, 2.45) is 5.10 Å². The zero-order chi connectivity index (χ0) is 26.2. The highest BCUT2D eigenvalue weighted by Gasteiger charge is 2.30. The quantitative estimate of drug-likeness (QED) is 0.421. The highest BCUT2D eigenvalue weighted by Crippen LogP contribution is 2.21. The molecule has 190 valence electrons. The fourth-order valence-electron chi connectivity index (χ4n) is 3.82. The first-order valence-electron chi connectivity index (χ1n) is 12.0. The van der Waals surface area contributed by atoms with Crippen LogP contribution in [0.3, 0.4) is 0 Å². The second-order valence-corrected chi connectivity index (χ2v) is 8.81. The summed E-state index contributed by atoms with van der Waals surface area (Å²) in [7, 11) is 0. The number of hydrogen-bond donors (Lipinski definition) is 1. The third kappa shape index (κ3) is 6.89. The maximum atomic E-state index is 13.1. The van der Waals surface area contributed by atoms with Gasteiger partial charge >= 0.3 is 5.97 Å². The summed E-state index contributed by atoms with van der Waals surface area (Å²) in [5.41, 5.74) is 3.41. The molecule has 1 heterocycles. The lowest BCUT2D eigenvalue weighted by molar-refractivity contribution is -0.151. The zero-order valence-electron chi connectivity index (χ0n) is 20.8. The molecule has 0 aromatic heterocycles. The van der Waals surface area contributed by atoms with Crippen LogP contribution in [0.2, 0.25) is 0 Å². The van der Waals surface area contributed by atoms with Crippen molar-refractivity contribution < 1.29 is 23.9 Å². The van der Waals surface area contributed by atoms with Crippen molar-refractivity contribution in [3.8, 4) is 0 Å². The van der Waals surface area contributed by atoms with E-state index in [-0.39, 0.29) is 25.5 Å². The molecule has 2 amide bonds. The molecule has 4 rings (SSSR count). The average Bonchev–Trinajstić information content (AvgIpc) is 3.27. The number of nitrogens with zero attached hydrogens (tertiary/aromatic N) is 2. The predicted octanol–water partition coefficient (Wildman–Crippen LogP) is 4.25. The number of carbonyl (C=O) groups is 3. The van der Waals surface area contributed by atoms with E-state index in [4.69, 9.17) is 9.47 Å². The number of nitrogens with one attached hydrogen (secondary N) is 1. The maximum absolute atomic E-state index is 13.1. The highest BCUT2D eigenvalue weighted by atomic mass is 16.5. The first-order valence-corrected chi connectivity index (χ1v) is 12.0. The Labute approximate surface area is 215 Å². The van der Waals surface area contributed by atoms with E-state index in [1.54, 1.807) is 38.1 Å². The molecule has 8 heteroatoms. The number of anilines is 1. The molecule has 1 aliphatic heterocycles. The van der Waals surface area contributed by atoms with Crippen molar-refractivity contribution in [1.82, 2.24) is 5.32 Å². The Morgan fingerprint density at radius 3 is 2.08 bits per heavy atom. The Morgan fingerprint density at radius 2 is 1.51 bits per heavy atom. The Kier molecular flexibility index (Phi) is 8.43. The number of rotatable bonds is 10. The Bertz CT molecular complexity index is 1260. The molecule has 0 spiro atoms. The molecule has 0 bridgehead atoms. The van der Waals surface area contributed by atoms with Crippen molar-refractivity contribution in [3.05, 3.63) is 102 Å². The minimum Gasteiger partial charge on any atom is -0.459 e. The summed E-state index contributed by atoms with van der Waals surface area (Å²) in [4.78, 5) is 38.2. The van der Waals surface area contributed by atoms with Crippen molar-refractivity contribution in [3.63, 3.8) is 0 Å². The lowest BCUT2D eigenvalue weighted by Crippen LogP contribution is -2.49. The van der Waals surface area contributed by atoms with Gasteiger partial charge in [0, 0.05) is 11.3 Å². The van der Waals surface area contributed by atoms with Gasteiger partial charge in [-0.3, -0.25) is 9.59 Å². The molecular weight excluding hydrogens is 470 g/mol. The molecule has 1 N–H and O–H groups in total. The van der Waals surface area contributed by atoms with Gasteiger partial charge in [0.2, 0.25) is 0 Å². The standard InChI is InChI=1S/C29H29N3O5/c1-20-17-26(33)32(31-20)25-15-13-24(14-16-25)28(34)30-27(21(2)36-18-22-9-5-3-6-10-22)29(35)37-19-23-11-7-4-8-12-23/h3-16,21,27H,17-19H2,1-2H3,(H,30,34). The third-order valence-corrected chi connectivity index (χ3v) is 5.88. The minimum atomic E-state index is -1.04. The number of ether oxygens (including phenoxy) is 2. The minimum absolute atomic E-state index is 0.0793. The van der Waals surface area contributed by atoms with Gasteiger partial charge in [-0.25, -0.2) is 9.80 Å². The Balaban J connectivity index is 1.45. The fourth-order valence-corrected chi connectivity index (χ4v) is 3.82. The summed E-state index contributed by atoms with van der Waals surface area (Å²) in [6.45, 7) is 3.87. The van der Waals surface area contributed by atoms with Gasteiger partial charge in [0.15, 0.2) is 6.04 Å². The number of benzene rings is 3.